The van der Waals surface area contributed by atoms with Crippen molar-refractivity contribution in [1.29, 1.82) is 0 Å². The van der Waals surface area contributed by atoms with Crippen LogP contribution in [0.2, 0.25) is 0 Å². The summed E-state index contributed by atoms with van der Waals surface area (Å²) in [5, 5.41) is 16.7. The zero-order valence-corrected chi connectivity index (χ0v) is 17.1. The third-order valence-electron chi connectivity index (χ3n) is 4.59. The average Bonchev–Trinajstić information content (AvgIpc) is 3.22. The van der Waals surface area contributed by atoms with Crippen LogP contribution in [0.25, 0.3) is 0 Å². The van der Waals surface area contributed by atoms with Crippen LogP contribution in [0.15, 0.2) is 27.8 Å². The van der Waals surface area contributed by atoms with Crippen molar-refractivity contribution in [2.24, 2.45) is 4.99 Å². The summed E-state index contributed by atoms with van der Waals surface area (Å²) in [6, 6.07) is 3.50. The smallest absolute Gasteiger partial charge is 0.234 e. The Kier molecular flexibility index (Phi) is 8.75. The monoisotopic (exact) mass is 395 g/mol. The van der Waals surface area contributed by atoms with Gasteiger partial charge in [-0.25, -0.2) is 4.99 Å². The number of nitrogens with zero attached hydrogens (tertiary/aromatic N) is 3. The topological polar surface area (TPSA) is 103 Å². The third kappa shape index (κ3) is 6.81. The second kappa shape index (κ2) is 11.0. The first kappa shape index (κ1) is 22.2. The number of aliphatic imine (C=N–C) groups is 1. The molecule has 0 bridgehead atoms. The Hall–Kier alpha value is -2.10. The maximum Gasteiger partial charge on any atom is 0.234 e. The van der Waals surface area contributed by atoms with E-state index in [1.165, 1.54) is 0 Å². The summed E-state index contributed by atoms with van der Waals surface area (Å²) in [7, 11) is 1.61. The van der Waals surface area contributed by atoms with E-state index in [9.17, 15) is 9.90 Å². The number of amides is 1. The van der Waals surface area contributed by atoms with Gasteiger partial charge in [0.05, 0.1) is 26.0 Å². The van der Waals surface area contributed by atoms with Gasteiger partial charge in [-0.05, 0) is 26.0 Å². The molecule has 0 aromatic carbocycles. The van der Waals surface area contributed by atoms with E-state index in [1.54, 1.807) is 32.4 Å². The van der Waals surface area contributed by atoms with Crippen LogP contribution in [0.5, 0.6) is 0 Å². The molecule has 0 saturated carbocycles. The zero-order valence-electron chi connectivity index (χ0n) is 17.1. The number of hydrogen-bond donors (Lipinski definition) is 3. The lowest BCUT2D eigenvalue weighted by Gasteiger charge is -2.36. The van der Waals surface area contributed by atoms with Gasteiger partial charge in [0.25, 0.3) is 0 Å². The molecular formula is C19H33N5O4. The van der Waals surface area contributed by atoms with E-state index >= 15 is 0 Å². The highest BCUT2D eigenvalue weighted by Gasteiger charge is 2.27. The van der Waals surface area contributed by atoms with Gasteiger partial charge in [-0.2, -0.15) is 0 Å². The maximum atomic E-state index is 11.9. The number of carbonyl (C=O) groups is 1. The summed E-state index contributed by atoms with van der Waals surface area (Å²) in [5.41, 5.74) is -1.16. The highest BCUT2D eigenvalue weighted by Crippen LogP contribution is 2.21. The van der Waals surface area contributed by atoms with E-state index in [2.05, 4.69) is 25.4 Å². The molecule has 1 aromatic heterocycles. The summed E-state index contributed by atoms with van der Waals surface area (Å²) in [6.45, 7) is 9.16. The molecule has 9 heteroatoms. The molecule has 1 amide bonds. The molecule has 1 saturated heterocycles. The lowest BCUT2D eigenvalue weighted by molar-refractivity contribution is -0.122. The van der Waals surface area contributed by atoms with Gasteiger partial charge in [0, 0.05) is 46.4 Å². The largest absolute Gasteiger partial charge is 0.466 e. The lowest BCUT2D eigenvalue weighted by atomic mass is 10.0. The maximum absolute atomic E-state index is 11.9. The molecule has 0 spiro atoms. The first-order valence-corrected chi connectivity index (χ1v) is 9.74. The van der Waals surface area contributed by atoms with Gasteiger partial charge in [0.2, 0.25) is 5.91 Å². The first-order valence-electron chi connectivity index (χ1n) is 9.74. The van der Waals surface area contributed by atoms with E-state index in [0.717, 1.165) is 38.7 Å². The third-order valence-corrected chi connectivity index (χ3v) is 4.59. The number of nitrogens with one attached hydrogen (secondary N) is 2. The number of aliphatic hydroxyl groups is 1. The van der Waals surface area contributed by atoms with Gasteiger partial charge >= 0.3 is 0 Å². The highest BCUT2D eigenvalue weighted by atomic mass is 16.5. The Bertz CT molecular complexity index is 610. The summed E-state index contributed by atoms with van der Waals surface area (Å²) >= 11 is 0. The van der Waals surface area contributed by atoms with Crippen LogP contribution in [0, 0.1) is 0 Å². The molecule has 28 heavy (non-hydrogen) atoms. The molecule has 1 aliphatic heterocycles. The molecule has 3 N–H and O–H groups in total. The minimum Gasteiger partial charge on any atom is -0.466 e. The van der Waals surface area contributed by atoms with Gasteiger partial charge < -0.3 is 29.8 Å². The zero-order chi connectivity index (χ0) is 20.4. The molecular weight excluding hydrogens is 362 g/mol. The van der Waals surface area contributed by atoms with Gasteiger partial charge in [0.15, 0.2) is 5.96 Å². The highest BCUT2D eigenvalue weighted by molar-refractivity contribution is 5.80. The molecule has 1 aliphatic rings. The normalized spacial score (nSPS) is 18.0. The molecule has 1 aromatic rings. The molecule has 1 fully saturated rings. The fraction of sp³-hybridized carbons (Fsp3) is 0.684. The molecule has 1 unspecified atom stereocenters. The Morgan fingerprint density at radius 2 is 2.11 bits per heavy atom. The number of furan rings is 1. The predicted octanol–water partition coefficient (Wildman–Crippen LogP) is -0.167. The summed E-state index contributed by atoms with van der Waals surface area (Å²) < 4.78 is 10.3. The van der Waals surface area contributed by atoms with Crippen molar-refractivity contribution in [1.82, 2.24) is 20.4 Å². The van der Waals surface area contributed by atoms with Gasteiger partial charge in [-0.1, -0.05) is 0 Å². The van der Waals surface area contributed by atoms with E-state index in [1.807, 2.05) is 6.92 Å². The number of carbonyl (C=O) groups excluding carboxylic acids is 1. The van der Waals surface area contributed by atoms with Crippen molar-refractivity contribution in [3.63, 3.8) is 0 Å². The summed E-state index contributed by atoms with van der Waals surface area (Å²) in [5.74, 6) is 1.27. The second-order valence-electron chi connectivity index (χ2n) is 7.03. The van der Waals surface area contributed by atoms with Crippen molar-refractivity contribution >= 4 is 11.9 Å². The number of hydrogen-bond acceptors (Lipinski definition) is 6. The fourth-order valence-electron chi connectivity index (χ4n) is 2.99. The molecule has 9 nitrogen and oxygen atoms in total. The minimum absolute atomic E-state index is 0.0144. The standard InChI is InChI=1S/C19H33N5O4/c1-4-20-18(22-15-19(2,26)16-6-5-12-28-16)24-10-8-23(9-11-24)14-17(25)21-7-13-27-3/h5-6,12,26H,4,7-11,13-15H2,1-3H3,(H,20,22)(H,21,25). The minimum atomic E-state index is -1.16. The Balaban J connectivity index is 1.85. The number of rotatable bonds is 9. The van der Waals surface area contributed by atoms with Crippen molar-refractivity contribution in [2.45, 2.75) is 19.4 Å². The number of piperazine rings is 1. The van der Waals surface area contributed by atoms with Crippen molar-refractivity contribution < 1.29 is 19.1 Å². The number of guanidine groups is 1. The molecule has 2 heterocycles. The van der Waals surface area contributed by atoms with Crippen molar-refractivity contribution in [2.75, 3.05) is 66.1 Å². The van der Waals surface area contributed by atoms with E-state index in [0.29, 0.717) is 25.5 Å². The molecule has 0 aliphatic carbocycles. The predicted molar refractivity (Wildman–Crippen MR) is 107 cm³/mol. The number of methoxy groups -OCH3 is 1. The van der Waals surface area contributed by atoms with E-state index < -0.39 is 5.60 Å². The molecule has 158 valence electrons. The first-order chi connectivity index (χ1) is 13.5. The van der Waals surface area contributed by atoms with Gasteiger partial charge in [-0.3, -0.25) is 9.69 Å². The van der Waals surface area contributed by atoms with E-state index in [4.69, 9.17) is 9.15 Å². The van der Waals surface area contributed by atoms with Crippen LogP contribution in [-0.4, -0.2) is 92.8 Å². The van der Waals surface area contributed by atoms with Crippen LogP contribution >= 0.6 is 0 Å². The second-order valence-corrected chi connectivity index (χ2v) is 7.03. The van der Waals surface area contributed by atoms with Crippen LogP contribution in [0.1, 0.15) is 19.6 Å². The lowest BCUT2D eigenvalue weighted by Crippen LogP contribution is -2.54. The van der Waals surface area contributed by atoms with Crippen LogP contribution in [-0.2, 0) is 15.1 Å². The SMILES string of the molecule is CCNC(=NCC(C)(O)c1ccco1)N1CCN(CC(=O)NCCOC)CC1. The van der Waals surface area contributed by atoms with Crippen LogP contribution in [0.3, 0.4) is 0 Å². The number of ether oxygens (including phenoxy) is 1. The Morgan fingerprint density at radius 3 is 2.71 bits per heavy atom. The average molecular weight is 396 g/mol. The molecule has 0 radical (unpaired) electrons. The Morgan fingerprint density at radius 1 is 1.36 bits per heavy atom. The summed E-state index contributed by atoms with van der Waals surface area (Å²) in [4.78, 5) is 20.8. The summed E-state index contributed by atoms with van der Waals surface area (Å²) in [6.07, 6.45) is 1.55. The molecule has 1 atom stereocenters. The van der Waals surface area contributed by atoms with E-state index in [-0.39, 0.29) is 12.5 Å². The van der Waals surface area contributed by atoms with Crippen molar-refractivity contribution in [3.8, 4) is 0 Å². The fourth-order valence-corrected chi connectivity index (χ4v) is 2.99. The van der Waals surface area contributed by atoms with Gasteiger partial charge in [-0.15, -0.1) is 0 Å². The quantitative estimate of drug-likeness (QED) is 0.303. The van der Waals surface area contributed by atoms with Crippen LogP contribution < -0.4 is 10.6 Å². The van der Waals surface area contributed by atoms with Crippen molar-refractivity contribution in [3.05, 3.63) is 24.2 Å². The molecule has 2 rings (SSSR count). The Labute approximate surface area is 166 Å². The van der Waals surface area contributed by atoms with Gasteiger partial charge in [0.1, 0.15) is 11.4 Å². The van der Waals surface area contributed by atoms with Crippen LogP contribution in [0.4, 0.5) is 0 Å².